The van der Waals surface area contributed by atoms with Crippen molar-refractivity contribution in [2.45, 2.75) is 19.3 Å². The molecule has 0 fully saturated rings. The van der Waals surface area contributed by atoms with E-state index < -0.39 is 0 Å². The fraction of sp³-hybridized carbons (Fsp3) is 0.400. The maximum atomic E-state index is 12.6. The molecule has 1 radical (unpaired) electrons. The normalized spacial score (nSPS) is 10.2. The van der Waals surface area contributed by atoms with Gasteiger partial charge in [0.2, 0.25) is 0 Å². The fourth-order valence-corrected chi connectivity index (χ4v) is 1.12. The van der Waals surface area contributed by atoms with Crippen molar-refractivity contribution < 1.29 is 9.50 Å². The summed E-state index contributed by atoms with van der Waals surface area (Å²) in [4.78, 5) is 0. The van der Waals surface area contributed by atoms with E-state index in [1.54, 1.807) is 6.07 Å². The van der Waals surface area contributed by atoms with Gasteiger partial charge in [0, 0.05) is 0 Å². The molecule has 0 aliphatic carbocycles. The molecule has 65 valence electrons. The minimum Gasteiger partial charge on any atom is -0.237 e. The van der Waals surface area contributed by atoms with Gasteiger partial charge in [-0.05, 0) is 37.0 Å². The van der Waals surface area contributed by atoms with Crippen molar-refractivity contribution in [2.24, 2.45) is 0 Å². The summed E-state index contributed by atoms with van der Waals surface area (Å²) in [7, 11) is 0. The van der Waals surface area contributed by atoms with Crippen molar-refractivity contribution in [3.63, 3.8) is 0 Å². The zero-order valence-electron chi connectivity index (χ0n) is 6.92. The molecular formula is C10H12FO. The van der Waals surface area contributed by atoms with Crippen LogP contribution in [0.5, 0.6) is 0 Å². The Morgan fingerprint density at radius 3 is 2.75 bits per heavy atom. The number of unbranched alkanes of at least 4 members (excludes halogenated alkanes) is 1. The molecule has 1 rings (SSSR count). The molecule has 0 aliphatic heterocycles. The zero-order chi connectivity index (χ0) is 8.81. The lowest BCUT2D eigenvalue weighted by molar-refractivity contribution is 0.187. The highest BCUT2D eigenvalue weighted by atomic mass is 19.1. The van der Waals surface area contributed by atoms with Gasteiger partial charge in [-0.25, -0.2) is 9.50 Å². The molecule has 0 heterocycles. The smallest absolute Gasteiger partial charge is 0.123 e. The summed E-state index contributed by atoms with van der Waals surface area (Å²) < 4.78 is 12.6. The van der Waals surface area contributed by atoms with Crippen LogP contribution in [0.1, 0.15) is 18.4 Å². The van der Waals surface area contributed by atoms with Gasteiger partial charge in [-0.3, -0.25) is 0 Å². The second-order valence-corrected chi connectivity index (χ2v) is 2.79. The minimum atomic E-state index is -0.199. The number of rotatable bonds is 4. The van der Waals surface area contributed by atoms with Crippen molar-refractivity contribution in [1.29, 1.82) is 0 Å². The van der Waals surface area contributed by atoms with Gasteiger partial charge >= 0.3 is 0 Å². The highest BCUT2D eigenvalue weighted by Gasteiger charge is 1.94. The summed E-state index contributed by atoms with van der Waals surface area (Å²) in [6, 6.07) is 6.53. The molecular weight excluding hydrogens is 155 g/mol. The number of hydrogen-bond acceptors (Lipinski definition) is 0. The molecule has 0 saturated carbocycles. The largest absolute Gasteiger partial charge is 0.237 e. The summed E-state index contributed by atoms with van der Waals surface area (Å²) in [5.74, 6) is -0.199. The monoisotopic (exact) mass is 167 g/mol. The maximum absolute atomic E-state index is 12.6. The van der Waals surface area contributed by atoms with E-state index >= 15 is 0 Å². The van der Waals surface area contributed by atoms with Gasteiger partial charge in [0.25, 0.3) is 0 Å². The maximum Gasteiger partial charge on any atom is 0.123 e. The van der Waals surface area contributed by atoms with Crippen molar-refractivity contribution in [3.05, 3.63) is 35.6 Å². The average molecular weight is 167 g/mol. The van der Waals surface area contributed by atoms with Crippen LogP contribution in [0.2, 0.25) is 0 Å². The van der Waals surface area contributed by atoms with E-state index in [1.165, 1.54) is 12.1 Å². The third-order valence-corrected chi connectivity index (χ3v) is 1.75. The lowest BCUT2D eigenvalue weighted by Crippen LogP contribution is -1.88. The topological polar surface area (TPSA) is 19.9 Å². The Bertz CT molecular complexity index is 235. The Morgan fingerprint density at radius 2 is 2.08 bits per heavy atom. The van der Waals surface area contributed by atoms with Gasteiger partial charge in [-0.2, -0.15) is 0 Å². The molecule has 0 spiro atoms. The quantitative estimate of drug-likeness (QED) is 0.614. The summed E-state index contributed by atoms with van der Waals surface area (Å²) in [5.41, 5.74) is 0.975. The second kappa shape index (κ2) is 4.88. The Balaban J connectivity index is 2.41. The lowest BCUT2D eigenvalue weighted by Gasteiger charge is -1.98. The van der Waals surface area contributed by atoms with E-state index in [9.17, 15) is 9.50 Å². The molecule has 1 aromatic carbocycles. The Kier molecular flexibility index (Phi) is 3.74. The molecule has 0 unspecified atom stereocenters. The van der Waals surface area contributed by atoms with Crippen LogP contribution >= 0.6 is 0 Å². The van der Waals surface area contributed by atoms with E-state index in [-0.39, 0.29) is 12.4 Å². The average Bonchev–Trinajstić information content (AvgIpc) is 2.05. The number of halogens is 1. The van der Waals surface area contributed by atoms with E-state index in [0.29, 0.717) is 6.42 Å². The predicted molar refractivity (Wildman–Crippen MR) is 44.9 cm³/mol. The van der Waals surface area contributed by atoms with Crippen LogP contribution in [-0.2, 0) is 11.5 Å². The van der Waals surface area contributed by atoms with Crippen LogP contribution < -0.4 is 0 Å². The lowest BCUT2D eigenvalue weighted by atomic mass is 10.1. The first-order valence-corrected chi connectivity index (χ1v) is 4.15. The molecule has 1 nitrogen and oxygen atoms in total. The molecule has 0 amide bonds. The minimum absolute atomic E-state index is 0.0324. The zero-order valence-corrected chi connectivity index (χ0v) is 6.92. The summed E-state index contributed by atoms with van der Waals surface area (Å²) in [6.45, 7) is -0.0324. The van der Waals surface area contributed by atoms with Gasteiger partial charge in [0.15, 0.2) is 0 Å². The van der Waals surface area contributed by atoms with E-state index in [0.717, 1.165) is 18.4 Å². The molecule has 0 aromatic heterocycles. The van der Waals surface area contributed by atoms with Crippen molar-refractivity contribution >= 4 is 0 Å². The van der Waals surface area contributed by atoms with Gasteiger partial charge in [-0.1, -0.05) is 12.1 Å². The third kappa shape index (κ3) is 3.01. The molecule has 0 aliphatic rings. The highest BCUT2D eigenvalue weighted by molar-refractivity contribution is 5.16. The summed E-state index contributed by atoms with van der Waals surface area (Å²) in [6.07, 6.45) is 2.34. The van der Waals surface area contributed by atoms with Crippen molar-refractivity contribution in [1.82, 2.24) is 0 Å². The molecule has 12 heavy (non-hydrogen) atoms. The standard InChI is InChI=1S/C10H12FO/c11-10-6-3-5-9(8-10)4-1-2-7-12/h3,5-6,8H,1-2,4,7H2. The van der Waals surface area contributed by atoms with Crippen molar-refractivity contribution in [2.75, 3.05) is 6.61 Å². The number of hydrogen-bond donors (Lipinski definition) is 0. The van der Waals surface area contributed by atoms with Crippen LogP contribution in [0.15, 0.2) is 24.3 Å². The summed E-state index contributed by atoms with van der Waals surface area (Å²) in [5, 5.41) is 10.1. The molecule has 1 aromatic rings. The highest BCUT2D eigenvalue weighted by Crippen LogP contribution is 2.06. The first-order valence-electron chi connectivity index (χ1n) is 4.15. The van der Waals surface area contributed by atoms with Gasteiger partial charge in [0.1, 0.15) is 5.82 Å². The Labute approximate surface area is 71.9 Å². The SMILES string of the molecule is [O]CCCCc1cccc(F)c1. The van der Waals surface area contributed by atoms with Crippen LogP contribution in [0.4, 0.5) is 4.39 Å². The Hall–Kier alpha value is -0.890. The molecule has 0 N–H and O–H groups in total. The van der Waals surface area contributed by atoms with Crippen LogP contribution in [0.25, 0.3) is 0 Å². The number of benzene rings is 1. The van der Waals surface area contributed by atoms with Gasteiger partial charge in [-0.15, -0.1) is 0 Å². The first kappa shape index (κ1) is 9.20. The third-order valence-electron chi connectivity index (χ3n) is 1.75. The second-order valence-electron chi connectivity index (χ2n) is 2.79. The Morgan fingerprint density at radius 1 is 1.25 bits per heavy atom. The molecule has 0 saturated heterocycles. The first-order chi connectivity index (χ1) is 5.83. The van der Waals surface area contributed by atoms with E-state index in [1.807, 2.05) is 6.07 Å². The molecule has 0 bridgehead atoms. The van der Waals surface area contributed by atoms with E-state index in [4.69, 9.17) is 0 Å². The molecule has 0 atom stereocenters. The van der Waals surface area contributed by atoms with E-state index in [2.05, 4.69) is 0 Å². The van der Waals surface area contributed by atoms with Crippen LogP contribution in [-0.4, -0.2) is 6.61 Å². The number of aryl methyl sites for hydroxylation is 1. The predicted octanol–water partition coefficient (Wildman–Crippen LogP) is 2.58. The van der Waals surface area contributed by atoms with Crippen molar-refractivity contribution in [3.8, 4) is 0 Å². The summed E-state index contributed by atoms with van der Waals surface area (Å²) >= 11 is 0. The van der Waals surface area contributed by atoms with Gasteiger partial charge < -0.3 is 0 Å². The molecule has 2 heteroatoms. The van der Waals surface area contributed by atoms with Crippen LogP contribution in [0.3, 0.4) is 0 Å². The van der Waals surface area contributed by atoms with Crippen LogP contribution in [0, 0.1) is 5.82 Å². The fourth-order valence-electron chi connectivity index (χ4n) is 1.12. The van der Waals surface area contributed by atoms with Gasteiger partial charge in [0.05, 0.1) is 6.61 Å².